The van der Waals surface area contributed by atoms with Gasteiger partial charge >= 0.3 is 0 Å². The summed E-state index contributed by atoms with van der Waals surface area (Å²) in [6.45, 7) is 3.80. The van der Waals surface area contributed by atoms with Crippen LogP contribution in [0.3, 0.4) is 0 Å². The molecule has 0 aliphatic heterocycles. The van der Waals surface area contributed by atoms with Crippen LogP contribution in [-0.4, -0.2) is 25.1 Å². The lowest BCUT2D eigenvalue weighted by Crippen LogP contribution is -2.13. The minimum Gasteiger partial charge on any atom is -0.455 e. The number of benzene rings is 2. The van der Waals surface area contributed by atoms with Gasteiger partial charge in [0.15, 0.2) is 5.75 Å². The van der Waals surface area contributed by atoms with Crippen molar-refractivity contribution >= 4 is 28.2 Å². The SMILES string of the molecule is CNCCCNc1cc(C)nc2c(Oc3ccccc3)ccc(Cl)c12. The Kier molecular flexibility index (Phi) is 5.74. The predicted octanol–water partition coefficient (Wildman–Crippen LogP) is 5.01. The average Bonchev–Trinajstić information content (AvgIpc) is 2.62. The van der Waals surface area contributed by atoms with Crippen LogP contribution >= 0.6 is 11.6 Å². The molecule has 0 aliphatic rings. The number of rotatable bonds is 7. The van der Waals surface area contributed by atoms with E-state index in [1.807, 2.05) is 62.5 Å². The first-order valence-electron chi connectivity index (χ1n) is 8.40. The van der Waals surface area contributed by atoms with Gasteiger partial charge in [-0.25, -0.2) is 4.98 Å². The summed E-state index contributed by atoms with van der Waals surface area (Å²) < 4.78 is 6.04. The number of fused-ring (bicyclic) bond motifs is 1. The van der Waals surface area contributed by atoms with Gasteiger partial charge in [-0.3, -0.25) is 0 Å². The van der Waals surface area contributed by atoms with Crippen molar-refractivity contribution in [3.05, 3.63) is 59.2 Å². The maximum absolute atomic E-state index is 6.48. The molecule has 0 saturated heterocycles. The Labute approximate surface area is 153 Å². The lowest BCUT2D eigenvalue weighted by molar-refractivity contribution is 0.487. The van der Waals surface area contributed by atoms with E-state index in [0.29, 0.717) is 10.8 Å². The summed E-state index contributed by atoms with van der Waals surface area (Å²) in [5.41, 5.74) is 2.68. The lowest BCUT2D eigenvalue weighted by atomic mass is 10.1. The number of aromatic nitrogens is 1. The highest BCUT2D eigenvalue weighted by atomic mass is 35.5. The molecule has 0 radical (unpaired) electrons. The quantitative estimate of drug-likeness (QED) is 0.585. The topological polar surface area (TPSA) is 46.2 Å². The molecule has 5 heteroatoms. The van der Waals surface area contributed by atoms with Gasteiger partial charge in [0.1, 0.15) is 11.3 Å². The molecule has 0 saturated carbocycles. The Balaban J connectivity index is 1.99. The van der Waals surface area contributed by atoms with Crippen LogP contribution in [0.2, 0.25) is 5.02 Å². The third-order valence-electron chi connectivity index (χ3n) is 3.89. The maximum Gasteiger partial charge on any atom is 0.153 e. The van der Waals surface area contributed by atoms with Crippen LogP contribution in [-0.2, 0) is 0 Å². The van der Waals surface area contributed by atoms with Crippen LogP contribution in [0.4, 0.5) is 5.69 Å². The van der Waals surface area contributed by atoms with Crippen molar-refractivity contribution in [1.82, 2.24) is 10.3 Å². The van der Waals surface area contributed by atoms with Crippen LogP contribution in [0.15, 0.2) is 48.5 Å². The third kappa shape index (κ3) is 4.21. The standard InChI is InChI=1S/C20H22ClN3O/c1-14-13-17(23-12-6-11-22-2)19-16(21)9-10-18(20(19)24-14)25-15-7-4-3-5-8-15/h3-5,7-10,13,22H,6,11-12H2,1-2H3,(H,23,24). The number of halogens is 1. The number of nitrogens with one attached hydrogen (secondary N) is 2. The fraction of sp³-hybridized carbons (Fsp3) is 0.250. The van der Waals surface area contributed by atoms with Gasteiger partial charge < -0.3 is 15.4 Å². The smallest absolute Gasteiger partial charge is 0.153 e. The van der Waals surface area contributed by atoms with E-state index in [1.165, 1.54) is 0 Å². The van der Waals surface area contributed by atoms with E-state index in [9.17, 15) is 0 Å². The van der Waals surface area contributed by atoms with E-state index >= 15 is 0 Å². The molecule has 2 aromatic carbocycles. The molecule has 0 bridgehead atoms. The predicted molar refractivity (Wildman–Crippen MR) is 105 cm³/mol. The Morgan fingerprint density at radius 1 is 1.08 bits per heavy atom. The maximum atomic E-state index is 6.48. The monoisotopic (exact) mass is 355 g/mol. The van der Waals surface area contributed by atoms with E-state index in [1.54, 1.807) is 0 Å². The molecule has 1 heterocycles. The molecule has 0 amide bonds. The van der Waals surface area contributed by atoms with Crippen molar-refractivity contribution < 1.29 is 4.74 Å². The number of aryl methyl sites for hydroxylation is 1. The molecule has 4 nitrogen and oxygen atoms in total. The number of nitrogens with zero attached hydrogens (tertiary/aromatic N) is 1. The Bertz CT molecular complexity index is 852. The van der Waals surface area contributed by atoms with Crippen molar-refractivity contribution in [1.29, 1.82) is 0 Å². The molecule has 0 unspecified atom stereocenters. The molecule has 0 spiro atoms. The largest absolute Gasteiger partial charge is 0.455 e. The number of hydrogen-bond acceptors (Lipinski definition) is 4. The zero-order valence-electron chi connectivity index (χ0n) is 14.5. The van der Waals surface area contributed by atoms with E-state index < -0.39 is 0 Å². The van der Waals surface area contributed by atoms with Gasteiger partial charge in [-0.15, -0.1) is 0 Å². The fourth-order valence-corrected chi connectivity index (χ4v) is 2.98. The second kappa shape index (κ2) is 8.19. The van der Waals surface area contributed by atoms with Crippen LogP contribution in [0.25, 0.3) is 10.9 Å². The van der Waals surface area contributed by atoms with Gasteiger partial charge in [0.2, 0.25) is 0 Å². The first-order valence-corrected chi connectivity index (χ1v) is 8.78. The minimum absolute atomic E-state index is 0.666. The van der Waals surface area contributed by atoms with Crippen LogP contribution in [0.1, 0.15) is 12.1 Å². The van der Waals surface area contributed by atoms with Gasteiger partial charge in [0.05, 0.1) is 5.02 Å². The number of pyridine rings is 1. The number of hydrogen-bond donors (Lipinski definition) is 2. The van der Waals surface area contributed by atoms with Crippen molar-refractivity contribution in [2.45, 2.75) is 13.3 Å². The van der Waals surface area contributed by atoms with Gasteiger partial charge in [-0.1, -0.05) is 29.8 Å². The Morgan fingerprint density at radius 2 is 1.88 bits per heavy atom. The summed E-state index contributed by atoms with van der Waals surface area (Å²) in [4.78, 5) is 4.68. The Hall–Kier alpha value is -2.30. The summed E-state index contributed by atoms with van der Waals surface area (Å²) >= 11 is 6.48. The zero-order chi connectivity index (χ0) is 17.6. The summed E-state index contributed by atoms with van der Waals surface area (Å²) in [6.07, 6.45) is 1.02. The highest BCUT2D eigenvalue weighted by Gasteiger charge is 2.13. The highest BCUT2D eigenvalue weighted by molar-refractivity contribution is 6.36. The molecule has 25 heavy (non-hydrogen) atoms. The summed E-state index contributed by atoms with van der Waals surface area (Å²) in [6, 6.07) is 15.5. The second-order valence-electron chi connectivity index (χ2n) is 5.88. The van der Waals surface area contributed by atoms with Crippen molar-refractivity contribution in [3.8, 4) is 11.5 Å². The van der Waals surface area contributed by atoms with Gasteiger partial charge in [-0.2, -0.15) is 0 Å². The summed E-state index contributed by atoms with van der Waals surface area (Å²) in [5, 5.41) is 8.19. The van der Waals surface area contributed by atoms with E-state index in [4.69, 9.17) is 16.3 Å². The van der Waals surface area contributed by atoms with Gasteiger partial charge in [0, 0.05) is 23.3 Å². The van der Waals surface area contributed by atoms with E-state index in [0.717, 1.165) is 47.5 Å². The molecule has 0 atom stereocenters. The van der Waals surface area contributed by atoms with Crippen molar-refractivity contribution in [2.24, 2.45) is 0 Å². The average molecular weight is 356 g/mol. The Morgan fingerprint density at radius 3 is 2.64 bits per heavy atom. The van der Waals surface area contributed by atoms with Crippen LogP contribution in [0.5, 0.6) is 11.5 Å². The van der Waals surface area contributed by atoms with Crippen LogP contribution < -0.4 is 15.4 Å². The van der Waals surface area contributed by atoms with Crippen molar-refractivity contribution in [3.63, 3.8) is 0 Å². The molecule has 0 aliphatic carbocycles. The second-order valence-corrected chi connectivity index (χ2v) is 6.29. The molecular formula is C20H22ClN3O. The number of ether oxygens (including phenoxy) is 1. The van der Waals surface area contributed by atoms with E-state index in [2.05, 4.69) is 15.6 Å². The minimum atomic E-state index is 0.666. The molecule has 0 fully saturated rings. The molecule has 130 valence electrons. The first-order chi connectivity index (χ1) is 12.2. The van der Waals surface area contributed by atoms with Crippen molar-refractivity contribution in [2.75, 3.05) is 25.5 Å². The van der Waals surface area contributed by atoms with Gasteiger partial charge in [-0.05, 0) is 57.3 Å². The molecule has 1 aromatic heterocycles. The summed E-state index contributed by atoms with van der Waals surface area (Å²) in [7, 11) is 1.95. The fourth-order valence-electron chi connectivity index (χ4n) is 2.73. The molecular weight excluding hydrogens is 334 g/mol. The third-order valence-corrected chi connectivity index (χ3v) is 4.21. The van der Waals surface area contributed by atoms with E-state index in [-0.39, 0.29) is 0 Å². The molecule has 3 aromatic rings. The first kappa shape index (κ1) is 17.5. The van der Waals surface area contributed by atoms with Crippen LogP contribution in [0, 0.1) is 6.92 Å². The lowest BCUT2D eigenvalue weighted by Gasteiger charge is -2.15. The zero-order valence-corrected chi connectivity index (χ0v) is 15.2. The summed E-state index contributed by atoms with van der Waals surface area (Å²) in [5.74, 6) is 1.48. The molecule has 2 N–H and O–H groups in total. The highest BCUT2D eigenvalue weighted by Crippen LogP contribution is 2.37. The molecule has 3 rings (SSSR count). The number of para-hydroxylation sites is 1. The number of anilines is 1. The normalized spacial score (nSPS) is 10.8. The van der Waals surface area contributed by atoms with Gasteiger partial charge in [0.25, 0.3) is 0 Å².